The van der Waals surface area contributed by atoms with Gasteiger partial charge in [-0.1, -0.05) is 36.4 Å². The lowest BCUT2D eigenvalue weighted by Gasteiger charge is -2.07. The molecule has 0 saturated carbocycles. The summed E-state index contributed by atoms with van der Waals surface area (Å²) in [5.74, 6) is -0.705. The number of aromatic nitrogens is 1. The quantitative estimate of drug-likeness (QED) is 0.554. The summed E-state index contributed by atoms with van der Waals surface area (Å²) in [7, 11) is 0. The molecule has 0 fully saturated rings. The Morgan fingerprint density at radius 1 is 1.00 bits per heavy atom. The van der Waals surface area contributed by atoms with E-state index >= 15 is 0 Å². The molecule has 6 nitrogen and oxygen atoms in total. The highest BCUT2D eigenvalue weighted by Gasteiger charge is 2.10. The van der Waals surface area contributed by atoms with Crippen LogP contribution in [0.15, 0.2) is 72.1 Å². The van der Waals surface area contributed by atoms with Crippen LogP contribution in [0.4, 0.5) is 0 Å². The summed E-state index contributed by atoms with van der Waals surface area (Å²) >= 11 is 0. The molecule has 3 aromatic rings. The number of nitrogens with one attached hydrogen (secondary N) is 2. The first-order valence-electron chi connectivity index (χ1n) is 7.72. The van der Waals surface area contributed by atoms with Crippen molar-refractivity contribution < 1.29 is 9.59 Å². The second kappa shape index (κ2) is 7.83. The second-order valence-corrected chi connectivity index (χ2v) is 5.28. The fourth-order valence-electron chi connectivity index (χ4n) is 2.35. The van der Waals surface area contributed by atoms with Crippen LogP contribution in [-0.2, 0) is 4.79 Å². The van der Waals surface area contributed by atoms with E-state index in [0.717, 1.165) is 16.3 Å². The van der Waals surface area contributed by atoms with E-state index < -0.39 is 5.91 Å². The van der Waals surface area contributed by atoms with E-state index in [2.05, 4.69) is 20.8 Å². The fourth-order valence-corrected chi connectivity index (χ4v) is 2.35. The number of hydrogen-bond acceptors (Lipinski definition) is 4. The van der Waals surface area contributed by atoms with E-state index in [4.69, 9.17) is 0 Å². The first kappa shape index (κ1) is 16.3. The van der Waals surface area contributed by atoms with Gasteiger partial charge in [-0.3, -0.25) is 14.6 Å². The molecule has 0 radical (unpaired) electrons. The van der Waals surface area contributed by atoms with Crippen molar-refractivity contribution in [1.82, 2.24) is 15.7 Å². The van der Waals surface area contributed by atoms with Crippen molar-refractivity contribution in [3.8, 4) is 0 Å². The molecule has 3 rings (SSSR count). The molecule has 1 heterocycles. The summed E-state index contributed by atoms with van der Waals surface area (Å²) in [6.45, 7) is -0.157. The maximum atomic E-state index is 12.3. The third-order valence-electron chi connectivity index (χ3n) is 3.55. The van der Waals surface area contributed by atoms with E-state index in [9.17, 15) is 9.59 Å². The molecule has 0 aliphatic heterocycles. The van der Waals surface area contributed by atoms with Gasteiger partial charge in [0.05, 0.1) is 12.8 Å². The number of rotatable bonds is 5. The maximum absolute atomic E-state index is 12.3. The molecule has 1 aromatic heterocycles. The third-order valence-corrected chi connectivity index (χ3v) is 3.55. The Morgan fingerprint density at radius 3 is 2.60 bits per heavy atom. The summed E-state index contributed by atoms with van der Waals surface area (Å²) in [4.78, 5) is 28.0. The lowest BCUT2D eigenvalue weighted by atomic mass is 10.0. The molecule has 0 bridgehead atoms. The Bertz CT molecular complexity index is 918. The van der Waals surface area contributed by atoms with Gasteiger partial charge in [0.2, 0.25) is 0 Å². The highest BCUT2D eigenvalue weighted by Crippen LogP contribution is 2.18. The van der Waals surface area contributed by atoms with Crippen molar-refractivity contribution in [2.24, 2.45) is 5.10 Å². The average molecular weight is 332 g/mol. The normalized spacial score (nSPS) is 10.7. The van der Waals surface area contributed by atoms with Gasteiger partial charge in [-0.15, -0.1) is 0 Å². The molecule has 2 amide bonds. The molecule has 0 aliphatic carbocycles. The number of hydrogen-bond donors (Lipinski definition) is 2. The predicted octanol–water partition coefficient (Wildman–Crippen LogP) is 2.11. The monoisotopic (exact) mass is 332 g/mol. The number of nitrogens with zero attached hydrogens (tertiary/aromatic N) is 2. The zero-order valence-electron chi connectivity index (χ0n) is 13.3. The minimum absolute atomic E-state index is 0.157. The van der Waals surface area contributed by atoms with Gasteiger partial charge in [-0.25, -0.2) is 5.43 Å². The maximum Gasteiger partial charge on any atom is 0.259 e. The van der Waals surface area contributed by atoms with E-state index in [1.807, 2.05) is 36.4 Å². The second-order valence-electron chi connectivity index (χ2n) is 5.28. The Kier molecular flexibility index (Phi) is 5.11. The molecular formula is C19H16N4O2. The van der Waals surface area contributed by atoms with Crippen molar-refractivity contribution in [3.05, 3.63) is 78.1 Å². The number of amides is 2. The zero-order chi connectivity index (χ0) is 17.5. The summed E-state index contributed by atoms with van der Waals surface area (Å²) < 4.78 is 0. The van der Waals surface area contributed by atoms with Crippen LogP contribution in [-0.4, -0.2) is 29.6 Å². The van der Waals surface area contributed by atoms with E-state index in [0.29, 0.717) is 5.56 Å². The summed E-state index contributed by atoms with van der Waals surface area (Å²) in [5, 5.41) is 8.26. The minimum atomic E-state index is -0.404. The lowest BCUT2D eigenvalue weighted by Crippen LogP contribution is -2.35. The summed E-state index contributed by atoms with van der Waals surface area (Å²) in [6, 6.07) is 16.6. The molecule has 0 atom stereocenters. The molecule has 0 spiro atoms. The molecule has 0 aliphatic rings. The van der Waals surface area contributed by atoms with Gasteiger partial charge in [0.25, 0.3) is 11.8 Å². The van der Waals surface area contributed by atoms with Crippen molar-refractivity contribution in [2.45, 2.75) is 0 Å². The average Bonchev–Trinajstić information content (AvgIpc) is 2.66. The number of benzene rings is 2. The van der Waals surface area contributed by atoms with Crippen molar-refractivity contribution in [3.63, 3.8) is 0 Å². The highest BCUT2D eigenvalue weighted by atomic mass is 16.2. The van der Waals surface area contributed by atoms with Crippen molar-refractivity contribution in [1.29, 1.82) is 0 Å². The van der Waals surface area contributed by atoms with Gasteiger partial charge in [0, 0.05) is 18.0 Å². The molecular weight excluding hydrogens is 316 g/mol. The Balaban J connectivity index is 1.56. The molecule has 124 valence electrons. The molecule has 0 saturated heterocycles. The van der Waals surface area contributed by atoms with E-state index in [1.54, 1.807) is 30.6 Å². The molecule has 2 N–H and O–H groups in total. The number of hydrazone groups is 1. The van der Waals surface area contributed by atoms with E-state index in [1.165, 1.54) is 6.21 Å². The SMILES string of the molecule is O=C(CNC(=O)c1cccc2ccccc12)N/N=C/c1ccncc1. The lowest BCUT2D eigenvalue weighted by molar-refractivity contribution is -0.120. The highest BCUT2D eigenvalue weighted by molar-refractivity contribution is 6.07. The van der Waals surface area contributed by atoms with Crippen LogP contribution in [0.3, 0.4) is 0 Å². The van der Waals surface area contributed by atoms with Crippen LogP contribution in [0, 0.1) is 0 Å². The zero-order valence-corrected chi connectivity index (χ0v) is 13.3. The van der Waals surface area contributed by atoms with Crippen LogP contribution in [0.1, 0.15) is 15.9 Å². The van der Waals surface area contributed by atoms with Crippen molar-refractivity contribution >= 4 is 28.8 Å². The van der Waals surface area contributed by atoms with Gasteiger partial charge in [-0.05, 0) is 34.5 Å². The van der Waals surface area contributed by atoms with Crippen LogP contribution in [0.2, 0.25) is 0 Å². The number of carbonyl (C=O) groups excluding carboxylic acids is 2. The van der Waals surface area contributed by atoms with Crippen molar-refractivity contribution in [2.75, 3.05) is 6.54 Å². The summed E-state index contributed by atoms with van der Waals surface area (Å²) in [5.41, 5.74) is 3.72. The van der Waals surface area contributed by atoms with E-state index in [-0.39, 0.29) is 12.5 Å². The van der Waals surface area contributed by atoms with Crippen LogP contribution in [0.5, 0.6) is 0 Å². The summed E-state index contributed by atoms with van der Waals surface area (Å²) in [6.07, 6.45) is 4.77. The standard InChI is InChI=1S/C19H16N4O2/c24-18(23-22-12-14-8-10-20-11-9-14)13-21-19(25)17-7-3-5-15-4-1-2-6-16(15)17/h1-12H,13H2,(H,21,25)(H,23,24)/b22-12+. The predicted molar refractivity (Wildman–Crippen MR) is 96.3 cm³/mol. The van der Waals surface area contributed by atoms with Crippen LogP contribution in [0.25, 0.3) is 10.8 Å². The third kappa shape index (κ3) is 4.26. The first-order valence-corrected chi connectivity index (χ1v) is 7.72. The minimum Gasteiger partial charge on any atom is -0.343 e. The van der Waals surface area contributed by atoms with Gasteiger partial charge < -0.3 is 5.32 Å². The molecule has 2 aromatic carbocycles. The Hall–Kier alpha value is -3.54. The van der Waals surface area contributed by atoms with Gasteiger partial charge in [-0.2, -0.15) is 5.10 Å². The van der Waals surface area contributed by atoms with Crippen LogP contribution >= 0.6 is 0 Å². The van der Waals surface area contributed by atoms with Gasteiger partial charge in [0.1, 0.15) is 0 Å². The molecule has 0 unspecified atom stereocenters. The first-order chi connectivity index (χ1) is 12.2. The Labute approximate surface area is 144 Å². The number of carbonyl (C=O) groups is 2. The van der Waals surface area contributed by atoms with Gasteiger partial charge in [0.15, 0.2) is 0 Å². The van der Waals surface area contributed by atoms with Gasteiger partial charge >= 0.3 is 0 Å². The smallest absolute Gasteiger partial charge is 0.259 e. The molecule has 25 heavy (non-hydrogen) atoms. The largest absolute Gasteiger partial charge is 0.343 e. The number of fused-ring (bicyclic) bond motifs is 1. The fraction of sp³-hybridized carbons (Fsp3) is 0.0526. The van der Waals surface area contributed by atoms with Crippen LogP contribution < -0.4 is 10.7 Å². The topological polar surface area (TPSA) is 83.5 Å². The number of pyridine rings is 1. The Morgan fingerprint density at radius 2 is 1.76 bits per heavy atom. The molecule has 6 heteroatoms.